The molecule has 0 fully saturated rings. The summed E-state index contributed by atoms with van der Waals surface area (Å²) in [4.78, 5) is 28.5. The predicted molar refractivity (Wildman–Crippen MR) is 127 cm³/mol. The highest BCUT2D eigenvalue weighted by Gasteiger charge is 2.35. The molecule has 1 aliphatic rings. The molecule has 0 aliphatic carbocycles. The predicted octanol–water partition coefficient (Wildman–Crippen LogP) is 4.13. The summed E-state index contributed by atoms with van der Waals surface area (Å²) in [5.41, 5.74) is 3.15. The number of carboxylic acids is 1. The number of carbonyl (C=O) groups excluding carboxylic acids is 1. The molecule has 176 valence electrons. The number of aromatic carboxylic acids is 1. The molecular formula is C24H24N4O5S. The quantitative estimate of drug-likeness (QED) is 0.363. The molecule has 9 nitrogen and oxygen atoms in total. The topological polar surface area (TPSA) is 116 Å². The summed E-state index contributed by atoms with van der Waals surface area (Å²) in [7, 11) is 1.60. The maximum atomic E-state index is 12.9. The Hall–Kier alpha value is -3.79. The van der Waals surface area contributed by atoms with Crippen molar-refractivity contribution in [3.8, 4) is 5.75 Å². The van der Waals surface area contributed by atoms with Gasteiger partial charge in [0.1, 0.15) is 11.8 Å². The molecule has 2 N–H and O–H groups in total. The second-order valence-corrected chi connectivity index (χ2v) is 8.46. The third-order valence-corrected chi connectivity index (χ3v) is 6.24. The van der Waals surface area contributed by atoms with Gasteiger partial charge in [0.05, 0.1) is 24.9 Å². The van der Waals surface area contributed by atoms with E-state index in [2.05, 4.69) is 15.4 Å². The number of carboxylic acid groups (broad SMARTS) is 1. The van der Waals surface area contributed by atoms with Crippen LogP contribution in [0, 0.1) is 0 Å². The standard InChI is InChI=1S/C24H24N4O5S/c1-4-33-22(31)19-14(2)25-23-26-24(34-13-15-5-7-17(8-6-15)21(29)30)27-28(23)20(19)16-9-11-18(32-3)12-10-16/h5-12,20H,4,13H2,1-3H3,(H,29,30)(H,25,26,27)/t20-/m0/s1. The summed E-state index contributed by atoms with van der Waals surface area (Å²) < 4.78 is 12.3. The zero-order valence-electron chi connectivity index (χ0n) is 18.9. The van der Waals surface area contributed by atoms with Crippen molar-refractivity contribution in [2.75, 3.05) is 19.0 Å². The first-order chi connectivity index (χ1) is 16.4. The Morgan fingerprint density at radius 2 is 1.85 bits per heavy atom. The van der Waals surface area contributed by atoms with Gasteiger partial charge in [0.2, 0.25) is 11.1 Å². The molecule has 0 bridgehead atoms. The molecule has 1 aliphatic heterocycles. The summed E-state index contributed by atoms with van der Waals surface area (Å²) in [5.74, 6) is 0.421. The molecule has 0 amide bonds. The van der Waals surface area contributed by atoms with Crippen molar-refractivity contribution in [1.29, 1.82) is 0 Å². The van der Waals surface area contributed by atoms with E-state index in [1.807, 2.05) is 31.2 Å². The molecule has 10 heteroatoms. The molecule has 1 aromatic heterocycles. The Labute approximate surface area is 200 Å². The van der Waals surface area contributed by atoms with Gasteiger partial charge in [-0.05, 0) is 49.2 Å². The number of nitrogens with one attached hydrogen (secondary N) is 1. The first-order valence-corrected chi connectivity index (χ1v) is 11.6. The number of aromatic nitrogens is 3. The van der Waals surface area contributed by atoms with E-state index in [0.717, 1.165) is 11.1 Å². The number of nitrogens with zero attached hydrogens (tertiary/aromatic N) is 3. The number of hydrogen-bond donors (Lipinski definition) is 2. The highest BCUT2D eigenvalue weighted by Crippen LogP contribution is 2.37. The van der Waals surface area contributed by atoms with Crippen LogP contribution in [0.1, 0.15) is 41.4 Å². The second-order valence-electron chi connectivity index (χ2n) is 7.51. The molecule has 2 aromatic carbocycles. The van der Waals surface area contributed by atoms with Crippen LogP contribution in [-0.4, -0.2) is 45.5 Å². The normalized spacial score (nSPS) is 14.9. The number of fused-ring (bicyclic) bond motifs is 1. The first kappa shape index (κ1) is 23.4. The number of anilines is 1. The van der Waals surface area contributed by atoms with Crippen molar-refractivity contribution in [2.24, 2.45) is 0 Å². The fraction of sp³-hybridized carbons (Fsp3) is 0.250. The third kappa shape index (κ3) is 4.76. The fourth-order valence-corrected chi connectivity index (χ4v) is 4.44. The van der Waals surface area contributed by atoms with Crippen LogP contribution in [0.5, 0.6) is 5.75 Å². The number of benzene rings is 2. The Kier molecular flexibility index (Phi) is 6.87. The maximum Gasteiger partial charge on any atom is 0.338 e. The number of methoxy groups -OCH3 is 1. The molecular weight excluding hydrogens is 456 g/mol. The van der Waals surface area contributed by atoms with Gasteiger partial charge in [0.25, 0.3) is 0 Å². The average molecular weight is 481 g/mol. The minimum Gasteiger partial charge on any atom is -0.497 e. The van der Waals surface area contributed by atoms with E-state index in [1.165, 1.54) is 11.8 Å². The van der Waals surface area contributed by atoms with Gasteiger partial charge in [-0.25, -0.2) is 14.3 Å². The third-order valence-electron chi connectivity index (χ3n) is 5.33. The minimum atomic E-state index is -0.960. The number of ether oxygens (including phenoxy) is 2. The van der Waals surface area contributed by atoms with E-state index in [9.17, 15) is 9.59 Å². The molecule has 34 heavy (non-hydrogen) atoms. The van der Waals surface area contributed by atoms with Gasteiger partial charge in [-0.15, -0.1) is 5.10 Å². The first-order valence-electron chi connectivity index (χ1n) is 10.6. The van der Waals surface area contributed by atoms with E-state index in [-0.39, 0.29) is 12.2 Å². The van der Waals surface area contributed by atoms with E-state index in [4.69, 9.17) is 14.6 Å². The molecule has 3 aromatic rings. The Morgan fingerprint density at radius 1 is 1.15 bits per heavy atom. The Balaban J connectivity index is 1.64. The number of esters is 1. The lowest BCUT2D eigenvalue weighted by Crippen LogP contribution is -2.29. The van der Waals surface area contributed by atoms with Crippen molar-refractivity contribution in [1.82, 2.24) is 14.8 Å². The van der Waals surface area contributed by atoms with Crippen molar-refractivity contribution in [2.45, 2.75) is 30.8 Å². The largest absolute Gasteiger partial charge is 0.497 e. The zero-order valence-corrected chi connectivity index (χ0v) is 19.8. The van der Waals surface area contributed by atoms with Crippen LogP contribution in [0.2, 0.25) is 0 Å². The van der Waals surface area contributed by atoms with Crippen molar-refractivity contribution >= 4 is 29.6 Å². The Bertz CT molecular complexity index is 1240. The molecule has 2 heterocycles. The lowest BCUT2D eigenvalue weighted by molar-refractivity contribution is -0.139. The van der Waals surface area contributed by atoms with E-state index >= 15 is 0 Å². The van der Waals surface area contributed by atoms with Gasteiger partial charge in [0, 0.05) is 11.4 Å². The van der Waals surface area contributed by atoms with Gasteiger partial charge in [-0.3, -0.25) is 0 Å². The van der Waals surface area contributed by atoms with E-state index in [0.29, 0.717) is 33.9 Å². The van der Waals surface area contributed by atoms with Gasteiger partial charge in [0.15, 0.2) is 0 Å². The number of allylic oxidation sites excluding steroid dienone is 1. The number of carbonyl (C=O) groups is 2. The van der Waals surface area contributed by atoms with Crippen molar-refractivity contribution < 1.29 is 24.2 Å². The highest BCUT2D eigenvalue weighted by atomic mass is 32.2. The smallest absolute Gasteiger partial charge is 0.338 e. The van der Waals surface area contributed by atoms with Crippen LogP contribution < -0.4 is 10.1 Å². The summed E-state index contributed by atoms with van der Waals surface area (Å²) in [6.07, 6.45) is 0. The fourth-order valence-electron chi connectivity index (χ4n) is 3.65. The monoisotopic (exact) mass is 480 g/mol. The summed E-state index contributed by atoms with van der Waals surface area (Å²) in [5, 5.41) is 17.4. The molecule has 0 saturated heterocycles. The summed E-state index contributed by atoms with van der Waals surface area (Å²) in [6.45, 7) is 3.85. The molecule has 1 atom stereocenters. The number of hydrogen-bond acceptors (Lipinski definition) is 8. The van der Waals surface area contributed by atoms with Crippen LogP contribution in [0.25, 0.3) is 0 Å². The highest BCUT2D eigenvalue weighted by molar-refractivity contribution is 7.98. The maximum absolute atomic E-state index is 12.9. The Morgan fingerprint density at radius 3 is 2.47 bits per heavy atom. The molecule has 0 radical (unpaired) electrons. The molecule has 0 unspecified atom stereocenters. The molecule has 4 rings (SSSR count). The van der Waals surface area contributed by atoms with Crippen LogP contribution in [0.15, 0.2) is 65.0 Å². The van der Waals surface area contributed by atoms with E-state index in [1.54, 1.807) is 43.0 Å². The van der Waals surface area contributed by atoms with Gasteiger partial charge < -0.3 is 19.9 Å². The van der Waals surface area contributed by atoms with Crippen molar-refractivity contribution in [3.05, 3.63) is 76.5 Å². The minimum absolute atomic E-state index is 0.240. The lowest BCUT2D eigenvalue weighted by Gasteiger charge is -2.28. The summed E-state index contributed by atoms with van der Waals surface area (Å²) in [6, 6.07) is 13.6. The lowest BCUT2D eigenvalue weighted by atomic mass is 9.96. The van der Waals surface area contributed by atoms with Crippen molar-refractivity contribution in [3.63, 3.8) is 0 Å². The van der Waals surface area contributed by atoms with Crippen LogP contribution in [0.4, 0.5) is 5.95 Å². The average Bonchev–Trinajstić information content (AvgIpc) is 3.24. The van der Waals surface area contributed by atoms with Crippen LogP contribution >= 0.6 is 11.8 Å². The van der Waals surface area contributed by atoms with Crippen LogP contribution in [0.3, 0.4) is 0 Å². The zero-order chi connectivity index (χ0) is 24.2. The number of rotatable bonds is 8. The molecule has 0 spiro atoms. The second kappa shape index (κ2) is 10.0. The molecule has 0 saturated carbocycles. The SMILES string of the molecule is CCOC(=O)C1=C(C)Nc2nc(SCc3ccc(C(=O)O)cc3)nn2[C@H]1c1ccc(OC)cc1. The number of thioether (sulfide) groups is 1. The summed E-state index contributed by atoms with van der Waals surface area (Å²) >= 11 is 1.42. The van der Waals surface area contributed by atoms with Crippen LogP contribution in [-0.2, 0) is 15.3 Å². The van der Waals surface area contributed by atoms with E-state index < -0.39 is 18.0 Å². The van der Waals surface area contributed by atoms with Gasteiger partial charge in [-0.1, -0.05) is 36.0 Å². The van der Waals surface area contributed by atoms with Gasteiger partial charge >= 0.3 is 11.9 Å². The van der Waals surface area contributed by atoms with Gasteiger partial charge in [-0.2, -0.15) is 4.98 Å².